The van der Waals surface area contributed by atoms with Gasteiger partial charge in [0, 0.05) is 23.2 Å². The zero-order valence-corrected chi connectivity index (χ0v) is 13.6. The molecule has 0 atom stereocenters. The van der Waals surface area contributed by atoms with Gasteiger partial charge in [0.25, 0.3) is 0 Å². The van der Waals surface area contributed by atoms with Gasteiger partial charge in [-0.3, -0.25) is 4.79 Å². The van der Waals surface area contributed by atoms with Gasteiger partial charge in [-0.2, -0.15) is 0 Å². The Morgan fingerprint density at radius 3 is 2.62 bits per heavy atom. The zero-order chi connectivity index (χ0) is 16.0. The number of halogens is 1. The Morgan fingerprint density at radius 1 is 1.43 bits per heavy atom. The molecule has 0 aromatic heterocycles. The second-order valence-electron chi connectivity index (χ2n) is 5.35. The third-order valence-corrected chi connectivity index (χ3v) is 3.26. The van der Waals surface area contributed by atoms with Crippen molar-refractivity contribution in [1.29, 1.82) is 0 Å². The minimum Gasteiger partial charge on any atom is -0.493 e. The molecule has 0 amide bonds. The van der Waals surface area contributed by atoms with Crippen molar-refractivity contribution in [2.45, 2.75) is 27.3 Å². The molecule has 0 fully saturated rings. The quantitative estimate of drug-likeness (QED) is 0.772. The molecule has 5 nitrogen and oxygen atoms in total. The number of nitrogens with one attached hydrogen (secondary N) is 1. The fraction of sp³-hybridized carbons (Fsp3) is 0.533. The smallest absolute Gasteiger partial charge is 0.312 e. The molecule has 0 saturated heterocycles. The van der Waals surface area contributed by atoms with Crippen LogP contribution in [0.4, 0.5) is 0 Å². The van der Waals surface area contributed by atoms with Gasteiger partial charge in [0.2, 0.25) is 0 Å². The van der Waals surface area contributed by atoms with E-state index in [0.717, 1.165) is 12.1 Å². The second kappa shape index (κ2) is 7.52. The molecule has 1 rings (SSSR count). The average Bonchev–Trinajstić information content (AvgIpc) is 2.42. The van der Waals surface area contributed by atoms with Crippen LogP contribution in [0.2, 0.25) is 5.02 Å². The summed E-state index contributed by atoms with van der Waals surface area (Å²) in [6.07, 6.45) is 0. The van der Waals surface area contributed by atoms with Crippen LogP contribution in [0.3, 0.4) is 0 Å². The summed E-state index contributed by atoms with van der Waals surface area (Å²) in [4.78, 5) is 11.2. The van der Waals surface area contributed by atoms with Crippen LogP contribution in [-0.4, -0.2) is 31.3 Å². The first kappa shape index (κ1) is 17.6. The highest BCUT2D eigenvalue weighted by molar-refractivity contribution is 6.30. The Morgan fingerprint density at radius 2 is 2.10 bits per heavy atom. The maximum Gasteiger partial charge on any atom is 0.312 e. The van der Waals surface area contributed by atoms with Crippen molar-refractivity contribution in [3.8, 4) is 11.5 Å². The van der Waals surface area contributed by atoms with Crippen molar-refractivity contribution in [1.82, 2.24) is 5.32 Å². The largest absolute Gasteiger partial charge is 0.493 e. The molecule has 6 heteroatoms. The topological polar surface area (TPSA) is 67.8 Å². The highest BCUT2D eigenvalue weighted by Gasteiger charge is 2.29. The fourth-order valence-electron chi connectivity index (χ4n) is 1.64. The van der Waals surface area contributed by atoms with Gasteiger partial charge in [0.05, 0.1) is 12.5 Å². The molecule has 0 saturated carbocycles. The number of carboxylic acid groups (broad SMARTS) is 1. The predicted octanol–water partition coefficient (Wildman–Crippen LogP) is 2.95. The van der Waals surface area contributed by atoms with E-state index in [-0.39, 0.29) is 6.61 Å². The summed E-state index contributed by atoms with van der Waals surface area (Å²) in [5, 5.41) is 12.9. The summed E-state index contributed by atoms with van der Waals surface area (Å²) in [6.45, 7) is 6.63. The van der Waals surface area contributed by atoms with Crippen molar-refractivity contribution in [2.24, 2.45) is 5.41 Å². The van der Waals surface area contributed by atoms with Crippen molar-refractivity contribution >= 4 is 17.6 Å². The number of benzene rings is 1. The maximum absolute atomic E-state index is 11.2. The summed E-state index contributed by atoms with van der Waals surface area (Å²) < 4.78 is 11.0. The van der Waals surface area contributed by atoms with Gasteiger partial charge in [-0.15, -0.1) is 0 Å². The van der Waals surface area contributed by atoms with E-state index in [1.165, 1.54) is 7.11 Å². The van der Waals surface area contributed by atoms with Crippen LogP contribution < -0.4 is 14.8 Å². The standard InChI is InChI=1S/C15H22ClNO4/c1-5-17-8-10-6-11(16)7-12(20-4)13(10)21-9-15(2,3)14(18)19/h6-7,17H,5,8-9H2,1-4H3,(H,18,19). The highest BCUT2D eigenvalue weighted by Crippen LogP contribution is 2.35. The molecule has 2 N–H and O–H groups in total. The Kier molecular flexibility index (Phi) is 6.30. The summed E-state index contributed by atoms with van der Waals surface area (Å²) in [6, 6.07) is 3.44. The van der Waals surface area contributed by atoms with E-state index in [1.54, 1.807) is 26.0 Å². The normalized spacial score (nSPS) is 11.3. The van der Waals surface area contributed by atoms with E-state index >= 15 is 0 Å². The van der Waals surface area contributed by atoms with Gasteiger partial charge < -0.3 is 19.9 Å². The van der Waals surface area contributed by atoms with Gasteiger partial charge in [-0.25, -0.2) is 0 Å². The molecule has 1 aromatic rings. The van der Waals surface area contributed by atoms with Gasteiger partial charge in [-0.05, 0) is 26.5 Å². The monoisotopic (exact) mass is 315 g/mol. The summed E-state index contributed by atoms with van der Waals surface area (Å²) in [7, 11) is 1.53. The van der Waals surface area contributed by atoms with Crippen LogP contribution >= 0.6 is 11.6 Å². The molecule has 0 radical (unpaired) electrons. The fourth-order valence-corrected chi connectivity index (χ4v) is 1.87. The number of hydrogen-bond acceptors (Lipinski definition) is 4. The minimum absolute atomic E-state index is 0.0411. The molecule has 0 unspecified atom stereocenters. The van der Waals surface area contributed by atoms with E-state index < -0.39 is 11.4 Å². The number of carbonyl (C=O) groups is 1. The van der Waals surface area contributed by atoms with E-state index in [0.29, 0.717) is 23.1 Å². The average molecular weight is 316 g/mol. The Hall–Kier alpha value is -1.46. The lowest BCUT2D eigenvalue weighted by Crippen LogP contribution is -2.31. The number of ether oxygens (including phenoxy) is 2. The molecular weight excluding hydrogens is 294 g/mol. The number of aliphatic carboxylic acids is 1. The van der Waals surface area contributed by atoms with Crippen LogP contribution in [0.5, 0.6) is 11.5 Å². The molecule has 0 aliphatic rings. The first-order valence-corrected chi connectivity index (χ1v) is 7.13. The molecule has 1 aromatic carbocycles. The predicted molar refractivity (Wildman–Crippen MR) is 82.3 cm³/mol. The molecule has 0 bridgehead atoms. The van der Waals surface area contributed by atoms with Crippen molar-refractivity contribution in [3.05, 3.63) is 22.7 Å². The van der Waals surface area contributed by atoms with Crippen LogP contribution in [0.1, 0.15) is 26.3 Å². The van der Waals surface area contributed by atoms with E-state index in [9.17, 15) is 4.79 Å². The maximum atomic E-state index is 11.2. The summed E-state index contributed by atoms with van der Waals surface area (Å²) >= 11 is 6.06. The Bertz CT molecular complexity index is 503. The van der Waals surface area contributed by atoms with Crippen LogP contribution in [-0.2, 0) is 11.3 Å². The zero-order valence-electron chi connectivity index (χ0n) is 12.8. The number of methoxy groups -OCH3 is 1. The van der Waals surface area contributed by atoms with Gasteiger partial charge >= 0.3 is 5.97 Å². The molecule has 0 aliphatic heterocycles. The second-order valence-corrected chi connectivity index (χ2v) is 5.79. The summed E-state index contributed by atoms with van der Waals surface area (Å²) in [5.41, 5.74) is -0.150. The molecule has 118 valence electrons. The van der Waals surface area contributed by atoms with Crippen LogP contribution in [0.15, 0.2) is 12.1 Å². The number of rotatable bonds is 8. The minimum atomic E-state index is -0.986. The van der Waals surface area contributed by atoms with E-state index in [1.807, 2.05) is 6.92 Å². The summed E-state index contributed by atoms with van der Waals surface area (Å²) in [5.74, 6) is 0.109. The first-order chi connectivity index (χ1) is 9.81. The molecule has 21 heavy (non-hydrogen) atoms. The molecule has 0 aliphatic carbocycles. The van der Waals surface area contributed by atoms with E-state index in [2.05, 4.69) is 5.32 Å². The van der Waals surface area contributed by atoms with Crippen LogP contribution in [0.25, 0.3) is 0 Å². The van der Waals surface area contributed by atoms with Crippen LogP contribution in [0, 0.1) is 5.41 Å². The lowest BCUT2D eigenvalue weighted by Gasteiger charge is -2.22. The van der Waals surface area contributed by atoms with Gasteiger partial charge in [0.1, 0.15) is 6.61 Å². The van der Waals surface area contributed by atoms with Crippen molar-refractivity contribution < 1.29 is 19.4 Å². The SMILES string of the molecule is CCNCc1cc(Cl)cc(OC)c1OCC(C)(C)C(=O)O. The number of carboxylic acids is 1. The van der Waals surface area contributed by atoms with Crippen molar-refractivity contribution in [3.63, 3.8) is 0 Å². The third kappa shape index (κ3) is 4.79. The van der Waals surface area contributed by atoms with Gasteiger partial charge in [0.15, 0.2) is 11.5 Å². The lowest BCUT2D eigenvalue weighted by atomic mass is 9.95. The Balaban J connectivity index is 3.04. The first-order valence-electron chi connectivity index (χ1n) is 6.75. The van der Waals surface area contributed by atoms with Crippen molar-refractivity contribution in [2.75, 3.05) is 20.3 Å². The molecular formula is C15H22ClNO4. The number of hydrogen-bond donors (Lipinski definition) is 2. The molecule has 0 spiro atoms. The van der Waals surface area contributed by atoms with Gasteiger partial charge in [-0.1, -0.05) is 18.5 Å². The Labute approximate surface area is 130 Å². The lowest BCUT2D eigenvalue weighted by molar-refractivity contribution is -0.148. The van der Waals surface area contributed by atoms with E-state index in [4.69, 9.17) is 26.2 Å². The molecule has 0 heterocycles. The third-order valence-electron chi connectivity index (χ3n) is 3.04. The highest BCUT2D eigenvalue weighted by atomic mass is 35.5.